The van der Waals surface area contributed by atoms with Crippen molar-refractivity contribution >= 4 is 16.5 Å². The van der Waals surface area contributed by atoms with E-state index in [1.807, 2.05) is 13.1 Å². The fourth-order valence-electron chi connectivity index (χ4n) is 2.52. The van der Waals surface area contributed by atoms with Gasteiger partial charge in [-0.15, -0.1) is 11.3 Å². The summed E-state index contributed by atoms with van der Waals surface area (Å²) >= 11 is 1.56. The van der Waals surface area contributed by atoms with Gasteiger partial charge in [0.15, 0.2) is 5.13 Å². The highest BCUT2D eigenvalue weighted by Gasteiger charge is 2.24. The van der Waals surface area contributed by atoms with Gasteiger partial charge in [-0.1, -0.05) is 6.42 Å². The number of rotatable bonds is 4. The van der Waals surface area contributed by atoms with Gasteiger partial charge < -0.3 is 10.8 Å². The van der Waals surface area contributed by atoms with Crippen LogP contribution in [0.15, 0.2) is 6.20 Å². The minimum atomic E-state index is -0.216. The van der Waals surface area contributed by atoms with Crippen LogP contribution in [0.1, 0.15) is 37.5 Å². The molecule has 0 spiro atoms. The summed E-state index contributed by atoms with van der Waals surface area (Å²) in [7, 11) is 0. The van der Waals surface area contributed by atoms with Gasteiger partial charge in [0.1, 0.15) is 0 Å². The van der Waals surface area contributed by atoms with E-state index < -0.39 is 0 Å². The molecule has 0 aliphatic carbocycles. The first kappa shape index (κ1) is 12.8. The number of aromatic nitrogens is 1. The van der Waals surface area contributed by atoms with Gasteiger partial charge in [-0.25, -0.2) is 4.98 Å². The molecule has 1 aromatic rings. The molecular weight excluding hydrogens is 234 g/mol. The number of nitrogens with zero attached hydrogens (tertiary/aromatic N) is 2. The SMILES string of the molecule is CC(O)CC1CCCCN1Cc1cnc(N)s1. The number of nitrogens with two attached hydrogens (primary N) is 1. The Bertz CT molecular complexity index is 353. The van der Waals surface area contributed by atoms with Crippen molar-refractivity contribution in [2.24, 2.45) is 0 Å². The van der Waals surface area contributed by atoms with Crippen LogP contribution >= 0.6 is 11.3 Å². The topological polar surface area (TPSA) is 62.4 Å². The number of piperidine rings is 1. The average molecular weight is 255 g/mol. The molecule has 1 aliphatic rings. The summed E-state index contributed by atoms with van der Waals surface area (Å²) in [5.41, 5.74) is 5.65. The molecule has 0 aromatic carbocycles. The molecule has 0 radical (unpaired) electrons. The van der Waals surface area contributed by atoms with Crippen LogP contribution in [-0.4, -0.2) is 33.7 Å². The molecular formula is C12H21N3OS. The lowest BCUT2D eigenvalue weighted by Gasteiger charge is -2.36. The molecule has 4 nitrogen and oxygen atoms in total. The zero-order valence-electron chi connectivity index (χ0n) is 10.3. The Kier molecular flexibility index (Phi) is 4.36. The second-order valence-electron chi connectivity index (χ2n) is 4.87. The van der Waals surface area contributed by atoms with E-state index in [9.17, 15) is 5.11 Å². The number of likely N-dealkylation sites (tertiary alicyclic amines) is 1. The van der Waals surface area contributed by atoms with Crippen LogP contribution in [0.25, 0.3) is 0 Å². The molecule has 0 saturated carbocycles. The summed E-state index contributed by atoms with van der Waals surface area (Å²) in [4.78, 5) is 7.77. The quantitative estimate of drug-likeness (QED) is 0.862. The maximum absolute atomic E-state index is 9.54. The standard InChI is InChI=1S/C12H21N3OS/c1-9(16)6-10-4-2-3-5-15(10)8-11-7-14-12(13)17-11/h7,9-10,16H,2-6,8H2,1H3,(H2,13,14). The highest BCUT2D eigenvalue weighted by atomic mass is 32.1. The molecule has 1 aliphatic heterocycles. The van der Waals surface area contributed by atoms with E-state index in [1.165, 1.54) is 24.1 Å². The molecule has 0 bridgehead atoms. The van der Waals surface area contributed by atoms with Crippen molar-refractivity contribution in [3.8, 4) is 0 Å². The molecule has 0 amide bonds. The predicted octanol–water partition coefficient (Wildman–Crippen LogP) is 1.85. The van der Waals surface area contributed by atoms with Gasteiger partial charge in [-0.2, -0.15) is 0 Å². The molecule has 2 rings (SSSR count). The molecule has 5 heteroatoms. The third-order valence-corrected chi connectivity index (χ3v) is 4.10. The summed E-state index contributed by atoms with van der Waals surface area (Å²) in [5, 5.41) is 10.2. The predicted molar refractivity (Wildman–Crippen MR) is 70.9 cm³/mol. The minimum Gasteiger partial charge on any atom is -0.393 e. The summed E-state index contributed by atoms with van der Waals surface area (Å²) in [5.74, 6) is 0. The molecule has 17 heavy (non-hydrogen) atoms. The van der Waals surface area contributed by atoms with Gasteiger partial charge in [-0.3, -0.25) is 4.90 Å². The second kappa shape index (κ2) is 5.80. The van der Waals surface area contributed by atoms with Crippen molar-refractivity contribution in [2.45, 2.75) is 51.3 Å². The summed E-state index contributed by atoms with van der Waals surface area (Å²) < 4.78 is 0. The van der Waals surface area contributed by atoms with Crippen LogP contribution < -0.4 is 5.73 Å². The zero-order valence-corrected chi connectivity index (χ0v) is 11.1. The lowest BCUT2D eigenvalue weighted by molar-refractivity contribution is 0.0824. The van der Waals surface area contributed by atoms with Crippen molar-refractivity contribution in [3.63, 3.8) is 0 Å². The van der Waals surface area contributed by atoms with Crippen molar-refractivity contribution < 1.29 is 5.11 Å². The first-order valence-electron chi connectivity index (χ1n) is 6.27. The Balaban J connectivity index is 1.96. The van der Waals surface area contributed by atoms with Crippen molar-refractivity contribution in [1.29, 1.82) is 0 Å². The normalized spacial score (nSPS) is 23.8. The Labute approximate surface area is 106 Å². The van der Waals surface area contributed by atoms with Crippen LogP contribution in [0.3, 0.4) is 0 Å². The van der Waals surface area contributed by atoms with Gasteiger partial charge in [-0.05, 0) is 32.7 Å². The fourth-order valence-corrected chi connectivity index (χ4v) is 3.23. The van der Waals surface area contributed by atoms with Gasteiger partial charge in [0.2, 0.25) is 0 Å². The van der Waals surface area contributed by atoms with E-state index in [4.69, 9.17) is 5.73 Å². The molecule has 1 fully saturated rings. The molecule has 2 unspecified atom stereocenters. The lowest BCUT2D eigenvalue weighted by atomic mass is 9.97. The van der Waals surface area contributed by atoms with Crippen molar-refractivity contribution in [1.82, 2.24) is 9.88 Å². The van der Waals surface area contributed by atoms with E-state index in [1.54, 1.807) is 11.3 Å². The van der Waals surface area contributed by atoms with Crippen LogP contribution in [-0.2, 0) is 6.54 Å². The third-order valence-electron chi connectivity index (χ3n) is 3.29. The van der Waals surface area contributed by atoms with Gasteiger partial charge >= 0.3 is 0 Å². The van der Waals surface area contributed by atoms with Gasteiger partial charge in [0.05, 0.1) is 6.10 Å². The summed E-state index contributed by atoms with van der Waals surface area (Å²) in [6.45, 7) is 3.92. The summed E-state index contributed by atoms with van der Waals surface area (Å²) in [6.07, 6.45) is 6.25. The molecule has 2 atom stereocenters. The third kappa shape index (κ3) is 3.66. The van der Waals surface area contributed by atoms with Gasteiger partial charge in [0.25, 0.3) is 0 Å². The number of anilines is 1. The number of aliphatic hydroxyl groups is 1. The first-order valence-corrected chi connectivity index (χ1v) is 7.09. The number of aliphatic hydroxyl groups excluding tert-OH is 1. The first-order chi connectivity index (χ1) is 8.15. The highest BCUT2D eigenvalue weighted by molar-refractivity contribution is 7.15. The Morgan fingerprint density at radius 2 is 2.47 bits per heavy atom. The average Bonchev–Trinajstić information content (AvgIpc) is 2.66. The molecule has 96 valence electrons. The molecule has 3 N–H and O–H groups in total. The minimum absolute atomic E-state index is 0.216. The summed E-state index contributed by atoms with van der Waals surface area (Å²) in [6, 6.07) is 0.507. The molecule has 1 aromatic heterocycles. The Hall–Kier alpha value is -0.650. The number of hydrogen-bond donors (Lipinski definition) is 2. The number of nitrogen functional groups attached to an aromatic ring is 1. The largest absolute Gasteiger partial charge is 0.393 e. The van der Waals surface area contributed by atoms with E-state index in [0.29, 0.717) is 11.2 Å². The van der Waals surface area contributed by atoms with E-state index in [2.05, 4.69) is 9.88 Å². The van der Waals surface area contributed by atoms with Crippen molar-refractivity contribution in [3.05, 3.63) is 11.1 Å². The van der Waals surface area contributed by atoms with Gasteiger partial charge in [0, 0.05) is 23.7 Å². The zero-order chi connectivity index (χ0) is 12.3. The maximum Gasteiger partial charge on any atom is 0.180 e. The Morgan fingerprint density at radius 3 is 3.12 bits per heavy atom. The van der Waals surface area contributed by atoms with Crippen LogP contribution in [0.4, 0.5) is 5.13 Å². The smallest absolute Gasteiger partial charge is 0.180 e. The van der Waals surface area contributed by atoms with Crippen LogP contribution in [0.5, 0.6) is 0 Å². The van der Waals surface area contributed by atoms with E-state index >= 15 is 0 Å². The fraction of sp³-hybridized carbons (Fsp3) is 0.750. The monoisotopic (exact) mass is 255 g/mol. The number of thiazole rings is 1. The van der Waals surface area contributed by atoms with Crippen LogP contribution in [0, 0.1) is 0 Å². The van der Waals surface area contributed by atoms with Crippen molar-refractivity contribution in [2.75, 3.05) is 12.3 Å². The van der Waals surface area contributed by atoms with E-state index in [0.717, 1.165) is 19.5 Å². The second-order valence-corrected chi connectivity index (χ2v) is 6.02. The number of hydrogen-bond acceptors (Lipinski definition) is 5. The highest BCUT2D eigenvalue weighted by Crippen LogP contribution is 2.25. The lowest BCUT2D eigenvalue weighted by Crippen LogP contribution is -2.40. The van der Waals surface area contributed by atoms with Crippen LogP contribution in [0.2, 0.25) is 0 Å². The van der Waals surface area contributed by atoms with E-state index in [-0.39, 0.29) is 6.10 Å². The molecule has 1 saturated heterocycles. The molecule has 2 heterocycles. The Morgan fingerprint density at radius 1 is 1.65 bits per heavy atom. The maximum atomic E-state index is 9.54.